The quantitative estimate of drug-likeness (QED) is 0.221. The monoisotopic (exact) mass is 368 g/mol. The zero-order chi connectivity index (χ0) is 18.9. The van der Waals surface area contributed by atoms with Crippen LogP contribution in [0.1, 0.15) is 117 Å². The minimum Gasteiger partial charge on any atom is -0.462 e. The minimum absolute atomic E-state index is 0.00735. The van der Waals surface area contributed by atoms with Crippen LogP contribution in [0.5, 0.6) is 0 Å². The molecule has 1 heterocycles. The molecule has 0 N–H and O–H groups in total. The molecule has 0 saturated carbocycles. The second-order valence-electron chi connectivity index (χ2n) is 8.14. The van der Waals surface area contributed by atoms with Crippen molar-refractivity contribution in [2.24, 2.45) is 5.92 Å². The number of unbranched alkanes of at least 4 members (excludes halogenated alkanes) is 12. The van der Waals surface area contributed by atoms with Gasteiger partial charge in [-0.3, -0.25) is 4.79 Å². The number of ether oxygens (including phenoxy) is 2. The number of hydrogen-bond donors (Lipinski definition) is 0. The largest absolute Gasteiger partial charge is 0.462 e. The summed E-state index contributed by atoms with van der Waals surface area (Å²) in [5, 5.41) is 0. The average molecular weight is 369 g/mol. The predicted molar refractivity (Wildman–Crippen MR) is 109 cm³/mol. The molecule has 1 saturated heterocycles. The van der Waals surface area contributed by atoms with Crippen molar-refractivity contribution in [2.75, 3.05) is 13.2 Å². The zero-order valence-electron chi connectivity index (χ0n) is 17.6. The van der Waals surface area contributed by atoms with E-state index in [9.17, 15) is 4.79 Å². The molecule has 1 unspecified atom stereocenters. The van der Waals surface area contributed by atoms with E-state index in [1.807, 2.05) is 6.92 Å². The number of carbonyl (C=O) groups is 1. The van der Waals surface area contributed by atoms with E-state index in [0.29, 0.717) is 12.3 Å². The summed E-state index contributed by atoms with van der Waals surface area (Å²) in [6.07, 6.45) is 20.0. The van der Waals surface area contributed by atoms with Crippen LogP contribution in [0.4, 0.5) is 0 Å². The topological polar surface area (TPSA) is 35.5 Å². The van der Waals surface area contributed by atoms with E-state index in [2.05, 4.69) is 6.92 Å². The highest BCUT2D eigenvalue weighted by Crippen LogP contribution is 2.21. The van der Waals surface area contributed by atoms with Crippen molar-refractivity contribution in [1.82, 2.24) is 0 Å². The van der Waals surface area contributed by atoms with Gasteiger partial charge in [0, 0.05) is 25.6 Å². The fourth-order valence-electron chi connectivity index (χ4n) is 3.83. The van der Waals surface area contributed by atoms with Gasteiger partial charge in [-0.1, -0.05) is 84.0 Å². The SMILES string of the molecule is CCCCCCCCCCCCCCCC(=O)OC(C)C1CCOCC1. The molecule has 0 aromatic heterocycles. The standard InChI is InChI=1S/C23H44O3/c1-3-4-5-6-7-8-9-10-11-12-13-14-15-16-23(24)26-21(2)22-17-19-25-20-18-22/h21-22H,3-20H2,1-2H3. The van der Waals surface area contributed by atoms with Crippen molar-refractivity contribution in [3.05, 3.63) is 0 Å². The minimum atomic E-state index is -0.00735. The van der Waals surface area contributed by atoms with Crippen LogP contribution in [0.15, 0.2) is 0 Å². The molecular weight excluding hydrogens is 324 g/mol. The summed E-state index contributed by atoms with van der Waals surface area (Å²) in [6, 6.07) is 0. The second-order valence-corrected chi connectivity index (χ2v) is 8.14. The van der Waals surface area contributed by atoms with Crippen LogP contribution >= 0.6 is 0 Å². The summed E-state index contributed by atoms with van der Waals surface area (Å²) in [5.41, 5.74) is 0. The van der Waals surface area contributed by atoms with Crippen LogP contribution < -0.4 is 0 Å². The Morgan fingerprint density at radius 2 is 1.31 bits per heavy atom. The summed E-state index contributed by atoms with van der Waals surface area (Å²) >= 11 is 0. The Morgan fingerprint density at radius 1 is 0.846 bits per heavy atom. The van der Waals surface area contributed by atoms with Gasteiger partial charge in [-0.15, -0.1) is 0 Å². The summed E-state index contributed by atoms with van der Waals surface area (Å²) < 4.78 is 11.0. The molecule has 1 aliphatic heterocycles. The molecule has 3 nitrogen and oxygen atoms in total. The van der Waals surface area contributed by atoms with Crippen LogP contribution in [0.2, 0.25) is 0 Å². The zero-order valence-corrected chi connectivity index (χ0v) is 17.6. The molecule has 1 atom stereocenters. The lowest BCUT2D eigenvalue weighted by atomic mass is 9.95. The molecule has 0 radical (unpaired) electrons. The van der Waals surface area contributed by atoms with E-state index in [0.717, 1.165) is 38.9 Å². The van der Waals surface area contributed by atoms with Gasteiger partial charge in [0.25, 0.3) is 0 Å². The van der Waals surface area contributed by atoms with Gasteiger partial charge in [0.2, 0.25) is 0 Å². The Morgan fingerprint density at radius 3 is 1.81 bits per heavy atom. The fourth-order valence-corrected chi connectivity index (χ4v) is 3.83. The molecule has 0 aromatic rings. The molecule has 0 aromatic carbocycles. The maximum Gasteiger partial charge on any atom is 0.306 e. The first-order chi connectivity index (χ1) is 12.7. The lowest BCUT2D eigenvalue weighted by Crippen LogP contribution is -2.29. The van der Waals surface area contributed by atoms with Gasteiger partial charge in [-0.2, -0.15) is 0 Å². The summed E-state index contributed by atoms with van der Waals surface area (Å²) in [5.74, 6) is 0.478. The molecule has 0 aliphatic carbocycles. The van der Waals surface area contributed by atoms with Crippen molar-refractivity contribution in [3.8, 4) is 0 Å². The molecule has 0 spiro atoms. The molecule has 1 fully saturated rings. The van der Waals surface area contributed by atoms with E-state index in [1.165, 1.54) is 70.6 Å². The number of rotatable bonds is 16. The third kappa shape index (κ3) is 12.7. The lowest BCUT2D eigenvalue weighted by Gasteiger charge is -2.27. The Hall–Kier alpha value is -0.570. The molecule has 26 heavy (non-hydrogen) atoms. The Labute approximate surface area is 162 Å². The van der Waals surface area contributed by atoms with Crippen LogP contribution in [0.25, 0.3) is 0 Å². The van der Waals surface area contributed by atoms with Gasteiger partial charge >= 0.3 is 5.97 Å². The maximum absolute atomic E-state index is 11.9. The molecule has 1 aliphatic rings. The Bertz CT molecular complexity index is 323. The van der Waals surface area contributed by atoms with E-state index in [4.69, 9.17) is 9.47 Å². The van der Waals surface area contributed by atoms with E-state index >= 15 is 0 Å². The van der Waals surface area contributed by atoms with Gasteiger partial charge in [0.15, 0.2) is 0 Å². The van der Waals surface area contributed by atoms with Crippen LogP contribution in [-0.2, 0) is 14.3 Å². The van der Waals surface area contributed by atoms with Gasteiger partial charge in [-0.25, -0.2) is 0 Å². The van der Waals surface area contributed by atoms with Crippen molar-refractivity contribution in [1.29, 1.82) is 0 Å². The average Bonchev–Trinajstić information content (AvgIpc) is 2.66. The van der Waals surface area contributed by atoms with Gasteiger partial charge < -0.3 is 9.47 Å². The van der Waals surface area contributed by atoms with Crippen LogP contribution in [0, 0.1) is 5.92 Å². The molecular formula is C23H44O3. The normalized spacial score (nSPS) is 16.5. The molecule has 0 bridgehead atoms. The highest BCUT2D eigenvalue weighted by Gasteiger charge is 2.23. The van der Waals surface area contributed by atoms with Gasteiger partial charge in [-0.05, 0) is 26.2 Å². The second kappa shape index (κ2) is 16.6. The Balaban J connectivity index is 1.82. The van der Waals surface area contributed by atoms with Crippen LogP contribution in [0.3, 0.4) is 0 Å². The highest BCUT2D eigenvalue weighted by atomic mass is 16.5. The van der Waals surface area contributed by atoms with E-state index in [-0.39, 0.29) is 12.1 Å². The van der Waals surface area contributed by atoms with E-state index < -0.39 is 0 Å². The maximum atomic E-state index is 11.9. The third-order valence-corrected chi connectivity index (χ3v) is 5.73. The summed E-state index contributed by atoms with van der Waals surface area (Å²) in [7, 11) is 0. The first-order valence-corrected chi connectivity index (χ1v) is 11.5. The Kier molecular flexibility index (Phi) is 15.0. The molecule has 154 valence electrons. The number of esters is 1. The summed E-state index contributed by atoms with van der Waals surface area (Å²) in [4.78, 5) is 11.9. The smallest absolute Gasteiger partial charge is 0.306 e. The first-order valence-electron chi connectivity index (χ1n) is 11.5. The lowest BCUT2D eigenvalue weighted by molar-refractivity contribution is -0.152. The van der Waals surface area contributed by atoms with Gasteiger partial charge in [0.1, 0.15) is 6.10 Å². The third-order valence-electron chi connectivity index (χ3n) is 5.73. The number of hydrogen-bond acceptors (Lipinski definition) is 3. The van der Waals surface area contributed by atoms with E-state index in [1.54, 1.807) is 0 Å². The van der Waals surface area contributed by atoms with Gasteiger partial charge in [0.05, 0.1) is 0 Å². The molecule has 1 rings (SSSR count). The fraction of sp³-hybridized carbons (Fsp3) is 0.957. The molecule has 0 amide bonds. The van der Waals surface area contributed by atoms with Crippen molar-refractivity contribution >= 4 is 5.97 Å². The first kappa shape index (κ1) is 23.5. The predicted octanol–water partition coefficient (Wildman–Crippen LogP) is 6.83. The van der Waals surface area contributed by atoms with Crippen molar-refractivity contribution < 1.29 is 14.3 Å². The highest BCUT2D eigenvalue weighted by molar-refractivity contribution is 5.69. The van der Waals surface area contributed by atoms with Crippen molar-refractivity contribution in [2.45, 2.75) is 123 Å². The van der Waals surface area contributed by atoms with Crippen LogP contribution in [-0.4, -0.2) is 25.3 Å². The molecule has 3 heteroatoms. The summed E-state index contributed by atoms with van der Waals surface area (Å²) in [6.45, 7) is 5.94. The number of carbonyl (C=O) groups excluding carboxylic acids is 1. The van der Waals surface area contributed by atoms with Crippen molar-refractivity contribution in [3.63, 3.8) is 0 Å².